The van der Waals surface area contributed by atoms with Crippen molar-refractivity contribution in [2.24, 2.45) is 0 Å². The third-order valence-corrected chi connectivity index (χ3v) is 6.18. The van der Waals surface area contributed by atoms with Gasteiger partial charge in [0.05, 0.1) is 48.6 Å². The summed E-state index contributed by atoms with van der Waals surface area (Å²) >= 11 is 0. The summed E-state index contributed by atoms with van der Waals surface area (Å²) in [4.78, 5) is 28.4. The maximum Gasteiger partial charge on any atom is 0.300 e. The van der Waals surface area contributed by atoms with Gasteiger partial charge in [0.1, 0.15) is 23.0 Å². The van der Waals surface area contributed by atoms with Gasteiger partial charge in [-0.1, -0.05) is 19.1 Å². The molecular formula is C31H30N2O6. The molecule has 1 aliphatic heterocycles. The number of amides is 1. The maximum atomic E-state index is 13.5. The van der Waals surface area contributed by atoms with Crippen LogP contribution in [-0.4, -0.2) is 36.6 Å². The van der Waals surface area contributed by atoms with Crippen LogP contribution in [0, 0.1) is 11.3 Å². The predicted molar refractivity (Wildman–Crippen MR) is 147 cm³/mol. The highest BCUT2D eigenvalue weighted by molar-refractivity contribution is 6.51. The lowest BCUT2D eigenvalue weighted by atomic mass is 9.94. The van der Waals surface area contributed by atoms with Gasteiger partial charge in [-0.3, -0.25) is 14.5 Å². The number of ketones is 1. The fourth-order valence-corrected chi connectivity index (χ4v) is 4.48. The molecule has 200 valence electrons. The molecule has 1 fully saturated rings. The first-order chi connectivity index (χ1) is 18.9. The Morgan fingerprint density at radius 2 is 1.64 bits per heavy atom. The summed E-state index contributed by atoms with van der Waals surface area (Å²) in [6.07, 6.45) is 0.811. The van der Waals surface area contributed by atoms with Crippen molar-refractivity contribution in [2.45, 2.75) is 33.2 Å². The zero-order chi connectivity index (χ0) is 27.9. The van der Waals surface area contributed by atoms with Crippen LogP contribution < -0.4 is 19.1 Å². The number of nitrogens with zero attached hydrogens (tertiary/aromatic N) is 2. The zero-order valence-electron chi connectivity index (χ0n) is 22.1. The van der Waals surface area contributed by atoms with E-state index in [9.17, 15) is 20.0 Å². The zero-order valence-corrected chi connectivity index (χ0v) is 22.1. The lowest BCUT2D eigenvalue weighted by Gasteiger charge is -2.26. The normalized spacial score (nSPS) is 16.2. The fraction of sp³-hybridized carbons (Fsp3) is 0.258. The lowest BCUT2D eigenvalue weighted by molar-refractivity contribution is -0.132. The van der Waals surface area contributed by atoms with Crippen molar-refractivity contribution >= 4 is 23.1 Å². The highest BCUT2D eigenvalue weighted by atomic mass is 16.5. The van der Waals surface area contributed by atoms with Crippen LogP contribution in [0.3, 0.4) is 0 Å². The number of rotatable bonds is 10. The number of hydrogen-bond acceptors (Lipinski definition) is 7. The van der Waals surface area contributed by atoms with Crippen molar-refractivity contribution in [3.8, 4) is 23.3 Å². The van der Waals surface area contributed by atoms with Crippen LogP contribution in [0.2, 0.25) is 0 Å². The van der Waals surface area contributed by atoms with Crippen LogP contribution in [0.25, 0.3) is 5.76 Å². The minimum atomic E-state index is -0.954. The van der Waals surface area contributed by atoms with Gasteiger partial charge in [0, 0.05) is 11.8 Å². The predicted octanol–water partition coefficient (Wildman–Crippen LogP) is 5.77. The number of aliphatic hydroxyl groups is 1. The van der Waals surface area contributed by atoms with E-state index in [-0.39, 0.29) is 16.9 Å². The largest absolute Gasteiger partial charge is 0.507 e. The molecule has 8 nitrogen and oxygen atoms in total. The molecule has 0 radical (unpaired) electrons. The van der Waals surface area contributed by atoms with Crippen LogP contribution in [0.15, 0.2) is 72.3 Å². The third-order valence-electron chi connectivity index (χ3n) is 6.18. The van der Waals surface area contributed by atoms with Gasteiger partial charge in [-0.25, -0.2) is 0 Å². The van der Waals surface area contributed by atoms with E-state index in [2.05, 4.69) is 6.07 Å². The van der Waals surface area contributed by atoms with E-state index >= 15 is 0 Å². The van der Waals surface area contributed by atoms with Gasteiger partial charge < -0.3 is 19.3 Å². The minimum absolute atomic E-state index is 0.0814. The molecule has 0 aliphatic carbocycles. The second-order valence-corrected chi connectivity index (χ2v) is 8.77. The molecule has 3 aromatic carbocycles. The van der Waals surface area contributed by atoms with Gasteiger partial charge in [-0.05, 0) is 74.4 Å². The average Bonchev–Trinajstić information content (AvgIpc) is 3.22. The number of Topliss-reactive ketones (excluding diaryl/α,β-unsaturated/α-hetero) is 1. The molecule has 1 N–H and O–H groups in total. The Labute approximate surface area is 227 Å². The second-order valence-electron chi connectivity index (χ2n) is 8.77. The Morgan fingerprint density at radius 3 is 2.31 bits per heavy atom. The van der Waals surface area contributed by atoms with Crippen LogP contribution in [-0.2, 0) is 9.59 Å². The number of ether oxygens (including phenoxy) is 3. The Kier molecular flexibility index (Phi) is 8.52. The smallest absolute Gasteiger partial charge is 0.300 e. The molecule has 4 rings (SSSR count). The summed E-state index contributed by atoms with van der Waals surface area (Å²) in [5.41, 5.74) is 1.59. The molecular weight excluding hydrogens is 496 g/mol. The van der Waals surface area contributed by atoms with Gasteiger partial charge in [0.25, 0.3) is 11.7 Å². The quantitative estimate of drug-likeness (QED) is 0.203. The van der Waals surface area contributed by atoms with Crippen molar-refractivity contribution in [2.75, 3.05) is 24.7 Å². The van der Waals surface area contributed by atoms with Crippen LogP contribution in [0.4, 0.5) is 5.69 Å². The van der Waals surface area contributed by atoms with E-state index in [1.807, 2.05) is 20.8 Å². The van der Waals surface area contributed by atoms with Crippen LogP contribution >= 0.6 is 0 Å². The first-order valence-corrected chi connectivity index (χ1v) is 12.9. The molecule has 39 heavy (non-hydrogen) atoms. The minimum Gasteiger partial charge on any atom is -0.507 e. The number of hydrogen-bond donors (Lipinski definition) is 1. The van der Waals surface area contributed by atoms with Crippen LogP contribution in [0.5, 0.6) is 17.2 Å². The molecule has 0 saturated carbocycles. The highest BCUT2D eigenvalue weighted by Gasteiger charge is 2.47. The summed E-state index contributed by atoms with van der Waals surface area (Å²) in [5, 5.41) is 20.8. The van der Waals surface area contributed by atoms with Crippen LogP contribution in [0.1, 0.15) is 49.9 Å². The van der Waals surface area contributed by atoms with Gasteiger partial charge in [0.2, 0.25) is 0 Å². The summed E-state index contributed by atoms with van der Waals surface area (Å²) in [5.74, 6) is -0.540. The monoisotopic (exact) mass is 526 g/mol. The number of carbonyl (C=O) groups is 2. The molecule has 1 amide bonds. The molecule has 8 heteroatoms. The van der Waals surface area contributed by atoms with Crippen molar-refractivity contribution in [1.29, 1.82) is 5.26 Å². The van der Waals surface area contributed by atoms with E-state index in [4.69, 9.17) is 14.2 Å². The summed E-state index contributed by atoms with van der Waals surface area (Å²) in [6, 6.07) is 19.5. The van der Waals surface area contributed by atoms with Gasteiger partial charge in [-0.15, -0.1) is 0 Å². The first-order valence-electron chi connectivity index (χ1n) is 12.9. The van der Waals surface area contributed by atoms with E-state index in [1.165, 1.54) is 4.90 Å². The Balaban J connectivity index is 1.93. The van der Waals surface area contributed by atoms with E-state index in [0.717, 1.165) is 6.42 Å². The molecule has 0 spiro atoms. The van der Waals surface area contributed by atoms with E-state index in [1.54, 1.807) is 66.7 Å². The summed E-state index contributed by atoms with van der Waals surface area (Å²) in [6.45, 7) is 6.93. The topological polar surface area (TPSA) is 109 Å². The summed E-state index contributed by atoms with van der Waals surface area (Å²) in [7, 11) is 0. The molecule has 1 aliphatic rings. The number of anilines is 1. The molecule has 1 unspecified atom stereocenters. The van der Waals surface area contributed by atoms with Crippen molar-refractivity contribution in [1.82, 2.24) is 0 Å². The van der Waals surface area contributed by atoms with Crippen molar-refractivity contribution in [3.63, 3.8) is 0 Å². The standard InChI is InChI=1S/C31H30N2O6/c1-4-16-39-23-9-7-8-21(17-23)28-27(29(34)25-15-14-24(37-5-2)18-26(25)38-6-3)30(35)31(36)33(28)22-12-10-20(19-32)11-13-22/h7-15,17-18,28,34H,4-6,16H2,1-3H3/b29-27+. The van der Waals surface area contributed by atoms with Gasteiger partial charge >= 0.3 is 0 Å². The number of nitriles is 1. The third kappa shape index (κ3) is 5.58. The van der Waals surface area contributed by atoms with Gasteiger partial charge in [0.15, 0.2) is 0 Å². The first kappa shape index (κ1) is 27.3. The molecule has 1 saturated heterocycles. The lowest BCUT2D eigenvalue weighted by Crippen LogP contribution is -2.29. The molecule has 0 aromatic heterocycles. The number of carbonyl (C=O) groups excluding carboxylic acids is 2. The fourth-order valence-electron chi connectivity index (χ4n) is 4.48. The molecule has 1 heterocycles. The Hall–Kier alpha value is -4.77. The molecule has 1 atom stereocenters. The van der Waals surface area contributed by atoms with Crippen molar-refractivity contribution < 1.29 is 28.9 Å². The van der Waals surface area contributed by atoms with E-state index < -0.39 is 17.7 Å². The maximum absolute atomic E-state index is 13.5. The highest BCUT2D eigenvalue weighted by Crippen LogP contribution is 2.44. The van der Waals surface area contributed by atoms with Crippen molar-refractivity contribution in [3.05, 3.63) is 89.0 Å². The van der Waals surface area contributed by atoms with Gasteiger partial charge in [-0.2, -0.15) is 5.26 Å². The van der Waals surface area contributed by atoms with E-state index in [0.29, 0.717) is 53.9 Å². The summed E-state index contributed by atoms with van der Waals surface area (Å²) < 4.78 is 17.2. The number of benzene rings is 3. The second kappa shape index (κ2) is 12.2. The molecule has 3 aromatic rings. The number of aliphatic hydroxyl groups excluding tert-OH is 1. The Bertz CT molecular complexity index is 1440. The SMILES string of the molecule is CCCOc1cccc(C2/C(=C(\O)c3ccc(OCC)cc3OCC)C(=O)C(=O)N2c2ccc(C#N)cc2)c1. The molecule has 0 bridgehead atoms. The Morgan fingerprint density at radius 1 is 0.923 bits per heavy atom. The average molecular weight is 527 g/mol.